The Labute approximate surface area is 208 Å². The average Bonchev–Trinajstić information content (AvgIpc) is 2.98. The molecule has 1 heterocycles. The number of benzene rings is 3. The maximum Gasteiger partial charge on any atom is 0.327 e. The molecule has 9 heteroatoms. The lowest BCUT2D eigenvalue weighted by atomic mass is 10.1. The van der Waals surface area contributed by atoms with Gasteiger partial charge in [0.05, 0.1) is 17.8 Å². The SMILES string of the molecule is N=C(N)c1ccccc1NC(=O)N1c2ccccc2CN(CCc2ccccc2)C(=O)[C@H]1CC(=O)O. The van der Waals surface area contributed by atoms with Gasteiger partial charge in [0.25, 0.3) is 0 Å². The molecule has 5 N–H and O–H groups in total. The Bertz CT molecular complexity index is 1290. The molecule has 9 nitrogen and oxygen atoms in total. The first kappa shape index (κ1) is 24.5. The normalized spacial score (nSPS) is 15.1. The van der Waals surface area contributed by atoms with E-state index in [0.29, 0.717) is 29.9 Å². The number of amidine groups is 1. The molecule has 3 aromatic carbocycles. The monoisotopic (exact) mass is 485 g/mol. The van der Waals surface area contributed by atoms with E-state index in [-0.39, 0.29) is 12.4 Å². The fourth-order valence-electron chi connectivity index (χ4n) is 4.35. The number of hydrogen-bond donors (Lipinski definition) is 4. The van der Waals surface area contributed by atoms with E-state index in [4.69, 9.17) is 11.1 Å². The Hall–Kier alpha value is -4.66. The van der Waals surface area contributed by atoms with E-state index in [2.05, 4.69) is 5.32 Å². The number of urea groups is 1. The van der Waals surface area contributed by atoms with Gasteiger partial charge < -0.3 is 21.1 Å². The second kappa shape index (κ2) is 10.7. The van der Waals surface area contributed by atoms with Gasteiger partial charge in [-0.15, -0.1) is 0 Å². The van der Waals surface area contributed by atoms with Crippen LogP contribution in [-0.4, -0.2) is 46.3 Å². The lowest BCUT2D eigenvalue weighted by molar-refractivity contribution is -0.142. The fourth-order valence-corrected chi connectivity index (χ4v) is 4.35. The minimum absolute atomic E-state index is 0.229. The number of nitrogens with one attached hydrogen (secondary N) is 2. The van der Waals surface area contributed by atoms with E-state index in [1.54, 1.807) is 41.3 Å². The van der Waals surface area contributed by atoms with Crippen molar-refractivity contribution in [3.63, 3.8) is 0 Å². The van der Waals surface area contributed by atoms with Crippen LogP contribution in [0, 0.1) is 5.41 Å². The molecule has 36 heavy (non-hydrogen) atoms. The van der Waals surface area contributed by atoms with Crippen molar-refractivity contribution in [1.29, 1.82) is 5.41 Å². The molecule has 0 radical (unpaired) electrons. The molecule has 0 spiro atoms. The van der Waals surface area contributed by atoms with Gasteiger partial charge in [0.1, 0.15) is 11.9 Å². The van der Waals surface area contributed by atoms with Crippen LogP contribution in [0.25, 0.3) is 0 Å². The van der Waals surface area contributed by atoms with Gasteiger partial charge in [0.15, 0.2) is 0 Å². The highest BCUT2D eigenvalue weighted by atomic mass is 16.4. The summed E-state index contributed by atoms with van der Waals surface area (Å²) in [6, 6.07) is 21.4. The maximum absolute atomic E-state index is 13.7. The van der Waals surface area contributed by atoms with Gasteiger partial charge in [0, 0.05) is 18.7 Å². The largest absolute Gasteiger partial charge is 0.481 e. The molecule has 3 amide bonds. The van der Waals surface area contributed by atoms with Crippen molar-refractivity contribution in [2.75, 3.05) is 16.8 Å². The minimum Gasteiger partial charge on any atom is -0.481 e. The van der Waals surface area contributed by atoms with Gasteiger partial charge in [-0.2, -0.15) is 0 Å². The van der Waals surface area contributed by atoms with Gasteiger partial charge in [0.2, 0.25) is 5.91 Å². The van der Waals surface area contributed by atoms with Gasteiger partial charge in [-0.25, -0.2) is 4.79 Å². The Morgan fingerprint density at radius 3 is 2.39 bits per heavy atom. The molecule has 0 fully saturated rings. The number of aliphatic carboxylic acids is 1. The molecule has 1 aliphatic heterocycles. The number of para-hydroxylation sites is 2. The summed E-state index contributed by atoms with van der Waals surface area (Å²) < 4.78 is 0. The predicted molar refractivity (Wildman–Crippen MR) is 137 cm³/mol. The molecule has 0 aliphatic carbocycles. The molecule has 0 unspecified atom stereocenters. The van der Waals surface area contributed by atoms with Crippen LogP contribution in [0.4, 0.5) is 16.2 Å². The molecule has 0 aromatic heterocycles. The number of hydrogen-bond acceptors (Lipinski definition) is 4. The lowest BCUT2D eigenvalue weighted by Gasteiger charge is -2.31. The van der Waals surface area contributed by atoms with E-state index in [1.807, 2.05) is 42.5 Å². The first-order valence-corrected chi connectivity index (χ1v) is 11.5. The van der Waals surface area contributed by atoms with Crippen LogP contribution in [0.15, 0.2) is 78.9 Å². The van der Waals surface area contributed by atoms with Gasteiger partial charge in [-0.05, 0) is 35.7 Å². The van der Waals surface area contributed by atoms with Crippen LogP contribution >= 0.6 is 0 Å². The minimum atomic E-state index is -1.26. The Morgan fingerprint density at radius 1 is 1.00 bits per heavy atom. The molecule has 4 rings (SSSR count). The summed E-state index contributed by atoms with van der Waals surface area (Å²) >= 11 is 0. The number of fused-ring (bicyclic) bond motifs is 1. The van der Waals surface area contributed by atoms with Gasteiger partial charge >= 0.3 is 12.0 Å². The standard InChI is InChI=1S/C27H27N5O4/c28-25(29)20-11-5-6-12-21(20)30-27(36)32-22-13-7-4-10-19(22)17-31(26(35)23(32)16-24(33)34)15-14-18-8-2-1-3-9-18/h1-13,23H,14-17H2,(H3,28,29)(H,30,36)(H,33,34)/t23-/m1/s1. The summed E-state index contributed by atoms with van der Waals surface area (Å²) in [5, 5.41) is 20.2. The van der Waals surface area contributed by atoms with Crippen LogP contribution < -0.4 is 16.0 Å². The summed E-state index contributed by atoms with van der Waals surface area (Å²) in [6.45, 7) is 0.613. The van der Waals surface area contributed by atoms with E-state index >= 15 is 0 Å². The zero-order chi connectivity index (χ0) is 25.7. The van der Waals surface area contributed by atoms with E-state index < -0.39 is 30.4 Å². The highest BCUT2D eigenvalue weighted by Gasteiger charge is 2.39. The molecular formula is C27H27N5O4. The molecule has 184 valence electrons. The van der Waals surface area contributed by atoms with Crippen LogP contribution in [0.5, 0.6) is 0 Å². The van der Waals surface area contributed by atoms with Gasteiger partial charge in [-0.3, -0.25) is 19.9 Å². The number of rotatable bonds is 7. The van der Waals surface area contributed by atoms with E-state index in [0.717, 1.165) is 11.1 Å². The van der Waals surface area contributed by atoms with Crippen molar-refractivity contribution >= 4 is 35.1 Å². The van der Waals surface area contributed by atoms with Crippen molar-refractivity contribution in [3.05, 3.63) is 95.6 Å². The molecular weight excluding hydrogens is 458 g/mol. The highest BCUT2D eigenvalue weighted by molar-refractivity contribution is 6.11. The number of carbonyl (C=O) groups is 3. The zero-order valence-electron chi connectivity index (χ0n) is 19.6. The van der Waals surface area contributed by atoms with Crippen LogP contribution in [0.3, 0.4) is 0 Å². The fraction of sp³-hybridized carbons (Fsp3) is 0.185. The van der Waals surface area contributed by atoms with Crippen molar-refractivity contribution in [3.8, 4) is 0 Å². The van der Waals surface area contributed by atoms with E-state index in [9.17, 15) is 19.5 Å². The molecule has 0 saturated carbocycles. The van der Waals surface area contributed by atoms with E-state index in [1.165, 1.54) is 4.90 Å². The van der Waals surface area contributed by atoms with Crippen molar-refractivity contribution in [1.82, 2.24) is 4.90 Å². The number of nitrogens with zero attached hydrogens (tertiary/aromatic N) is 2. The first-order chi connectivity index (χ1) is 17.3. The smallest absolute Gasteiger partial charge is 0.327 e. The quantitative estimate of drug-likeness (QED) is 0.300. The highest BCUT2D eigenvalue weighted by Crippen LogP contribution is 2.31. The number of carboxylic acid groups (broad SMARTS) is 1. The molecule has 3 aromatic rings. The second-order valence-electron chi connectivity index (χ2n) is 8.50. The number of carbonyl (C=O) groups excluding carboxylic acids is 2. The summed E-state index contributed by atoms with van der Waals surface area (Å²) in [6.07, 6.45) is 0.0313. The van der Waals surface area contributed by atoms with Crippen molar-refractivity contribution < 1.29 is 19.5 Å². The van der Waals surface area contributed by atoms with Crippen LogP contribution in [-0.2, 0) is 22.6 Å². The number of nitrogen functional groups attached to an aromatic ring is 1. The number of amides is 3. The van der Waals surface area contributed by atoms with Gasteiger partial charge in [-0.1, -0.05) is 60.7 Å². The summed E-state index contributed by atoms with van der Waals surface area (Å²) in [4.78, 5) is 42.0. The van der Waals surface area contributed by atoms with Crippen molar-refractivity contribution in [2.45, 2.75) is 25.4 Å². The summed E-state index contributed by atoms with van der Waals surface area (Å²) in [7, 11) is 0. The lowest BCUT2D eigenvalue weighted by Crippen LogP contribution is -2.52. The number of carboxylic acids is 1. The van der Waals surface area contributed by atoms with Crippen LogP contribution in [0.2, 0.25) is 0 Å². The predicted octanol–water partition coefficient (Wildman–Crippen LogP) is 3.44. The first-order valence-electron chi connectivity index (χ1n) is 11.5. The molecule has 0 saturated heterocycles. The van der Waals surface area contributed by atoms with Crippen LogP contribution in [0.1, 0.15) is 23.1 Å². The maximum atomic E-state index is 13.7. The summed E-state index contributed by atoms with van der Waals surface area (Å²) in [5.74, 6) is -1.87. The third-order valence-electron chi connectivity index (χ3n) is 6.08. The second-order valence-corrected chi connectivity index (χ2v) is 8.50. The third kappa shape index (κ3) is 5.35. The Kier molecular flexibility index (Phi) is 7.29. The topological polar surface area (TPSA) is 140 Å². The number of anilines is 2. The molecule has 0 bridgehead atoms. The number of nitrogens with two attached hydrogens (primary N) is 1. The summed E-state index contributed by atoms with van der Waals surface area (Å²) in [5.41, 5.74) is 8.50. The third-order valence-corrected chi connectivity index (χ3v) is 6.08. The zero-order valence-corrected chi connectivity index (χ0v) is 19.6. The Morgan fingerprint density at radius 2 is 1.67 bits per heavy atom. The molecule has 1 aliphatic rings. The Balaban J connectivity index is 1.71. The van der Waals surface area contributed by atoms with Crippen molar-refractivity contribution in [2.24, 2.45) is 5.73 Å². The average molecular weight is 486 g/mol. The molecule has 1 atom stereocenters.